The second kappa shape index (κ2) is 5.69. The Morgan fingerprint density at radius 1 is 1.36 bits per heavy atom. The van der Waals surface area contributed by atoms with Gasteiger partial charge in [0.15, 0.2) is 0 Å². The molecule has 84 valence electrons. The Bertz CT molecular complexity index is 155. The first-order chi connectivity index (χ1) is 6.61. The van der Waals surface area contributed by atoms with Crippen molar-refractivity contribution in [3.63, 3.8) is 0 Å². The molecule has 1 heterocycles. The van der Waals surface area contributed by atoms with Gasteiger partial charge >= 0.3 is 0 Å². The van der Waals surface area contributed by atoms with Crippen molar-refractivity contribution in [2.24, 2.45) is 5.92 Å². The summed E-state index contributed by atoms with van der Waals surface area (Å²) < 4.78 is 5.31. The molecule has 0 amide bonds. The second-order valence-electron chi connectivity index (χ2n) is 4.59. The SMILES string of the molecule is CC(C)C(O)CN(C)C1CCOCC1. The monoisotopic (exact) mass is 201 g/mol. The van der Waals surface area contributed by atoms with Crippen molar-refractivity contribution in [3.8, 4) is 0 Å². The molecule has 1 fully saturated rings. The number of hydrogen-bond acceptors (Lipinski definition) is 3. The molecule has 1 aliphatic heterocycles. The molecule has 1 aliphatic rings. The van der Waals surface area contributed by atoms with Crippen LogP contribution in [-0.4, -0.2) is 49.0 Å². The lowest BCUT2D eigenvalue weighted by Gasteiger charge is -2.33. The lowest BCUT2D eigenvalue weighted by Crippen LogP contribution is -2.42. The van der Waals surface area contributed by atoms with Crippen LogP contribution < -0.4 is 0 Å². The van der Waals surface area contributed by atoms with Crippen LogP contribution in [0.3, 0.4) is 0 Å². The van der Waals surface area contributed by atoms with Gasteiger partial charge in [0.1, 0.15) is 0 Å². The Morgan fingerprint density at radius 2 is 1.93 bits per heavy atom. The molecule has 1 saturated heterocycles. The smallest absolute Gasteiger partial charge is 0.0689 e. The fourth-order valence-electron chi connectivity index (χ4n) is 1.78. The number of aliphatic hydroxyl groups is 1. The summed E-state index contributed by atoms with van der Waals surface area (Å²) in [5.74, 6) is 0.345. The summed E-state index contributed by atoms with van der Waals surface area (Å²) in [6.07, 6.45) is 1.99. The first-order valence-corrected chi connectivity index (χ1v) is 5.57. The molecule has 14 heavy (non-hydrogen) atoms. The van der Waals surface area contributed by atoms with Crippen LogP contribution in [-0.2, 0) is 4.74 Å². The van der Waals surface area contributed by atoms with Crippen molar-refractivity contribution in [3.05, 3.63) is 0 Å². The highest BCUT2D eigenvalue weighted by Crippen LogP contribution is 2.14. The van der Waals surface area contributed by atoms with Crippen molar-refractivity contribution in [2.75, 3.05) is 26.8 Å². The van der Waals surface area contributed by atoms with E-state index in [4.69, 9.17) is 4.74 Å². The van der Waals surface area contributed by atoms with Gasteiger partial charge in [-0.15, -0.1) is 0 Å². The molecule has 0 aromatic heterocycles. The Kier molecular flexibility index (Phi) is 4.85. The maximum Gasteiger partial charge on any atom is 0.0689 e. The van der Waals surface area contributed by atoms with E-state index in [0.717, 1.165) is 32.6 Å². The summed E-state index contributed by atoms with van der Waals surface area (Å²) in [7, 11) is 2.10. The maximum absolute atomic E-state index is 9.75. The van der Waals surface area contributed by atoms with Gasteiger partial charge in [-0.1, -0.05) is 13.8 Å². The third-order valence-corrected chi connectivity index (χ3v) is 3.06. The van der Waals surface area contributed by atoms with Crippen LogP contribution in [0.2, 0.25) is 0 Å². The molecule has 1 atom stereocenters. The first kappa shape index (κ1) is 12.0. The summed E-state index contributed by atoms with van der Waals surface area (Å²) in [6, 6.07) is 0.595. The molecular weight excluding hydrogens is 178 g/mol. The van der Waals surface area contributed by atoms with E-state index < -0.39 is 0 Å². The predicted molar refractivity (Wildman–Crippen MR) is 57.3 cm³/mol. The summed E-state index contributed by atoms with van der Waals surface area (Å²) in [5, 5.41) is 9.75. The van der Waals surface area contributed by atoms with Crippen molar-refractivity contribution >= 4 is 0 Å². The minimum atomic E-state index is -0.206. The van der Waals surface area contributed by atoms with E-state index in [0.29, 0.717) is 12.0 Å². The summed E-state index contributed by atoms with van der Waals surface area (Å²) in [6.45, 7) is 6.63. The van der Waals surface area contributed by atoms with Crippen molar-refractivity contribution in [2.45, 2.75) is 38.8 Å². The van der Waals surface area contributed by atoms with Crippen molar-refractivity contribution in [1.82, 2.24) is 4.90 Å². The number of ether oxygens (including phenoxy) is 1. The molecule has 0 bridgehead atoms. The highest BCUT2D eigenvalue weighted by Gasteiger charge is 2.21. The van der Waals surface area contributed by atoms with Gasteiger partial charge in [0, 0.05) is 25.8 Å². The zero-order valence-electron chi connectivity index (χ0n) is 9.57. The van der Waals surface area contributed by atoms with Crippen LogP contribution in [0.1, 0.15) is 26.7 Å². The summed E-state index contributed by atoms with van der Waals surface area (Å²) in [5.41, 5.74) is 0. The highest BCUT2D eigenvalue weighted by molar-refractivity contribution is 4.75. The van der Waals surface area contributed by atoms with Gasteiger partial charge in [0.2, 0.25) is 0 Å². The van der Waals surface area contributed by atoms with E-state index >= 15 is 0 Å². The minimum Gasteiger partial charge on any atom is -0.392 e. The van der Waals surface area contributed by atoms with E-state index in [1.54, 1.807) is 0 Å². The fourth-order valence-corrected chi connectivity index (χ4v) is 1.78. The van der Waals surface area contributed by atoms with Crippen LogP contribution in [0.25, 0.3) is 0 Å². The standard InChI is InChI=1S/C11H23NO2/c1-9(2)11(13)8-12(3)10-4-6-14-7-5-10/h9-11,13H,4-8H2,1-3H3. The number of likely N-dealkylation sites (N-methyl/N-ethyl adjacent to an activating group) is 1. The van der Waals surface area contributed by atoms with Gasteiger partial charge in [-0.05, 0) is 25.8 Å². The van der Waals surface area contributed by atoms with Crippen molar-refractivity contribution < 1.29 is 9.84 Å². The van der Waals surface area contributed by atoms with Crippen LogP contribution in [0.15, 0.2) is 0 Å². The lowest BCUT2D eigenvalue weighted by atomic mass is 10.0. The van der Waals surface area contributed by atoms with E-state index in [-0.39, 0.29) is 6.10 Å². The molecule has 1 N–H and O–H groups in total. The minimum absolute atomic E-state index is 0.206. The molecule has 0 spiro atoms. The Labute approximate surface area is 87.1 Å². The topological polar surface area (TPSA) is 32.7 Å². The molecule has 0 aromatic rings. The van der Waals surface area contributed by atoms with Gasteiger partial charge in [0.25, 0.3) is 0 Å². The Balaban J connectivity index is 2.28. The highest BCUT2D eigenvalue weighted by atomic mass is 16.5. The van der Waals surface area contributed by atoms with E-state index in [1.165, 1.54) is 0 Å². The third kappa shape index (κ3) is 3.56. The quantitative estimate of drug-likeness (QED) is 0.739. The lowest BCUT2D eigenvalue weighted by molar-refractivity contribution is 0.0166. The van der Waals surface area contributed by atoms with Gasteiger partial charge in [-0.3, -0.25) is 0 Å². The molecule has 0 aromatic carbocycles. The van der Waals surface area contributed by atoms with Gasteiger partial charge in [0.05, 0.1) is 6.10 Å². The number of rotatable bonds is 4. The molecule has 0 saturated carbocycles. The molecule has 1 rings (SSSR count). The van der Waals surface area contributed by atoms with Crippen LogP contribution in [0.4, 0.5) is 0 Å². The molecule has 3 heteroatoms. The maximum atomic E-state index is 9.75. The average molecular weight is 201 g/mol. The Morgan fingerprint density at radius 3 is 2.43 bits per heavy atom. The van der Waals surface area contributed by atoms with E-state index in [9.17, 15) is 5.11 Å². The molecular formula is C11H23NO2. The second-order valence-corrected chi connectivity index (χ2v) is 4.59. The number of aliphatic hydroxyl groups excluding tert-OH is 1. The van der Waals surface area contributed by atoms with Gasteiger partial charge in [-0.2, -0.15) is 0 Å². The first-order valence-electron chi connectivity index (χ1n) is 5.57. The zero-order valence-corrected chi connectivity index (χ0v) is 9.57. The van der Waals surface area contributed by atoms with Gasteiger partial charge < -0.3 is 14.7 Å². The molecule has 0 aliphatic carbocycles. The van der Waals surface area contributed by atoms with E-state index in [2.05, 4.69) is 25.8 Å². The Hall–Kier alpha value is -0.120. The zero-order chi connectivity index (χ0) is 10.6. The van der Waals surface area contributed by atoms with Crippen molar-refractivity contribution in [1.29, 1.82) is 0 Å². The number of nitrogens with zero attached hydrogens (tertiary/aromatic N) is 1. The predicted octanol–water partition coefficient (Wildman–Crippen LogP) is 1.11. The van der Waals surface area contributed by atoms with Crippen LogP contribution >= 0.6 is 0 Å². The van der Waals surface area contributed by atoms with Crippen LogP contribution in [0.5, 0.6) is 0 Å². The summed E-state index contributed by atoms with van der Waals surface area (Å²) in [4.78, 5) is 2.27. The average Bonchev–Trinajstić information content (AvgIpc) is 2.19. The number of hydrogen-bond donors (Lipinski definition) is 1. The third-order valence-electron chi connectivity index (χ3n) is 3.06. The molecule has 3 nitrogen and oxygen atoms in total. The fraction of sp³-hybridized carbons (Fsp3) is 1.00. The van der Waals surface area contributed by atoms with E-state index in [1.807, 2.05) is 0 Å². The largest absolute Gasteiger partial charge is 0.392 e. The summed E-state index contributed by atoms with van der Waals surface area (Å²) >= 11 is 0. The van der Waals surface area contributed by atoms with Gasteiger partial charge in [-0.25, -0.2) is 0 Å². The molecule has 0 radical (unpaired) electrons. The van der Waals surface area contributed by atoms with Crippen LogP contribution in [0, 0.1) is 5.92 Å². The normalized spacial score (nSPS) is 21.9. The molecule has 1 unspecified atom stereocenters.